The Morgan fingerprint density at radius 1 is 0.437 bits per heavy atom. The van der Waals surface area contributed by atoms with Gasteiger partial charge in [0.2, 0.25) is 32.6 Å². The number of fused-ring (bicyclic) bond motifs is 15. The van der Waals surface area contributed by atoms with E-state index in [1.807, 2.05) is 0 Å². The maximum atomic E-state index is 17.7. The summed E-state index contributed by atoms with van der Waals surface area (Å²) < 4.78 is 158. The number of halogens is 7. The molecule has 0 bridgehead atoms. The second-order valence-corrected chi connectivity index (χ2v) is 45.2. The molecule has 37 heteroatoms. The molecule has 9 unspecified atom stereocenters. The second-order valence-electron chi connectivity index (χ2n) is 42.3. The van der Waals surface area contributed by atoms with Crippen LogP contribution in [0.1, 0.15) is 213 Å². The van der Waals surface area contributed by atoms with Crippen LogP contribution in [0.3, 0.4) is 0 Å². The molecule has 9 fully saturated rings. The lowest BCUT2D eigenvalue weighted by Crippen LogP contribution is -2.70. The lowest BCUT2D eigenvalue weighted by Gasteiger charge is -2.63. The standard InChI is InChI=1S/C35H39F3O8S.C35H40F2O9S.C30H32F2O7S.C5H10O3/c1-20-15-22-23-17-25(36)24-16-21(39)10-11-32(24,4)34(23,38)27(40)18-33(22,5)35(20,46-29(42)26-9-8-13-44-26)30(43)47-14-7-6-12-45-28(41)19-31(2,3)37;1-20-15-22-23-17-25(36)24-16-21(38)10-11-32(24,4)34(23,37)27(39)18-33(22,5)35(20,46-29(41)26-9-8-13-44-26)30(42)47-14-7-6-12-45-28(40)19-31(2,3)43;1-17-13-19-20-15-22(31)21-14-18(34)8-9-27(21,2)29(20,32)24(35)16-28(19,3)30(17,26(37)40-12-5-4-10-33)39-25(36)23-7-6-11-38-23;1-5(2,8)3-4(6)7/h8-11,13,16,20,22-23,25,27,40H,12,14-15,17-19H2,1-5H3;8-11,13,16,20,22-23,25,27,39,43H,12,14-15,17-19H2,1-5H3;6-9,11,14,17,19-20,22,24,33,35H,10,12-13,15-16H2,1-3H3;8H,3H2,1-2H3,(H,6,7)/t2*20-,22?,23?,25+,27?,32+,33+,34+,35+;17-,19?,20?,22+,24?,27+,28+,29+,30+;/m111./s1. The molecule has 0 aliphatic heterocycles. The highest BCUT2D eigenvalue weighted by molar-refractivity contribution is 8.14. The summed E-state index contributed by atoms with van der Waals surface area (Å²) in [6.45, 7) is 22.1. The minimum atomic E-state index is -2.37. The van der Waals surface area contributed by atoms with Crippen LogP contribution in [0.25, 0.3) is 0 Å². The number of rotatable bonds is 20. The van der Waals surface area contributed by atoms with Crippen molar-refractivity contribution in [1.82, 2.24) is 0 Å². The Morgan fingerprint density at radius 3 is 0.965 bits per heavy atom. The highest BCUT2D eigenvalue weighted by atomic mass is 32.2. The minimum absolute atomic E-state index is 0.0103. The van der Waals surface area contributed by atoms with Gasteiger partial charge in [-0.2, -0.15) is 0 Å². The highest BCUT2D eigenvalue weighted by Gasteiger charge is 2.83. The number of thioether (sulfide) groups is 3. The van der Waals surface area contributed by atoms with Crippen LogP contribution in [0.5, 0.6) is 0 Å². The Hall–Kier alpha value is -9.88. The van der Waals surface area contributed by atoms with Crippen LogP contribution in [0.4, 0.5) is 30.7 Å². The fourth-order valence-electron chi connectivity index (χ4n) is 25.8. The molecule has 9 saturated carbocycles. The van der Waals surface area contributed by atoms with E-state index in [0.29, 0.717) is 0 Å². The average molecular weight is 2040 g/mol. The molecule has 27 atom stereocenters. The predicted octanol–water partition coefficient (Wildman–Crippen LogP) is 14.6. The van der Waals surface area contributed by atoms with Gasteiger partial charge in [-0.3, -0.25) is 43.2 Å². The van der Waals surface area contributed by atoms with Crippen molar-refractivity contribution < 1.29 is 161 Å². The van der Waals surface area contributed by atoms with E-state index in [1.165, 1.54) is 154 Å². The number of hydrogen-bond acceptors (Lipinski definition) is 29. The lowest BCUT2D eigenvalue weighted by molar-refractivity contribution is -0.221. The summed E-state index contributed by atoms with van der Waals surface area (Å²) in [6, 6.07) is 8.66. The molecule has 0 amide bonds. The fourth-order valence-corrected chi connectivity index (χ4v) is 28.8. The number of carbonyl (C=O) groups excluding carboxylic acids is 11. The van der Waals surface area contributed by atoms with E-state index in [-0.39, 0.29) is 142 Å². The maximum absolute atomic E-state index is 17.7. The Bertz CT molecular complexity index is 5560. The van der Waals surface area contributed by atoms with Crippen molar-refractivity contribution in [3.63, 3.8) is 0 Å². The summed E-state index contributed by atoms with van der Waals surface area (Å²) >= 11 is 2.36. The van der Waals surface area contributed by atoms with E-state index in [4.69, 9.17) is 52.3 Å². The smallest absolute Gasteiger partial charge is 0.375 e. The number of aliphatic hydroxyl groups is 6. The molecule has 12 aliphatic carbocycles. The Labute approximate surface area is 830 Å². The first-order valence-electron chi connectivity index (χ1n) is 46.9. The zero-order valence-electron chi connectivity index (χ0n) is 81.4. The molecule has 12 aliphatic rings. The van der Waals surface area contributed by atoms with Gasteiger partial charge in [-0.1, -0.05) is 131 Å². The van der Waals surface area contributed by atoms with Gasteiger partial charge in [0.25, 0.3) is 0 Å². The number of furan rings is 3. The SMILES string of the molecule is CC(C)(O)CC(=O)O.C[C@@H]1CC2C3C[C@H](F)C4=CC(=O)C=C[C@]4(C)[C@@]3(F)C(O)C[C@]2(C)[C@@]1(OC(=O)c1ccco1)C(=O)SCC#CCO.C[C@@H]1CC2C3C[C@H](F)C4=CC(=O)C=C[C@]4(C)[C@@]3(F)C(O)C[C@]2(C)[C@@]1(OC(=O)c1ccco1)C(=O)SCC#CCOC(=O)CC(C)(C)F.C[C@@H]1CC2C3C[C@H](F)C4=CC(=O)C=C[C@]4(C)[C@@]3(F)C(O)C[C@]2(C)[C@@]1(OC(=O)c1ccco1)C(=O)SCC#CCOC(=O)CC(C)(C)O. The average Bonchev–Trinajstić information content (AvgIpc) is 1.45. The number of aliphatic carboxylic acids is 1. The third kappa shape index (κ3) is 19.7. The van der Waals surface area contributed by atoms with Crippen molar-refractivity contribution in [2.45, 2.75) is 268 Å². The van der Waals surface area contributed by atoms with Gasteiger partial charge >= 0.3 is 35.8 Å². The van der Waals surface area contributed by atoms with Crippen molar-refractivity contribution in [2.24, 2.45) is 85.8 Å². The van der Waals surface area contributed by atoms with E-state index >= 15 is 26.3 Å². The van der Waals surface area contributed by atoms with E-state index in [1.54, 1.807) is 41.5 Å². The Kier molecular flexibility index (Phi) is 32.2. The number of ketones is 3. The summed E-state index contributed by atoms with van der Waals surface area (Å²) in [5, 5.41) is 69.1. The van der Waals surface area contributed by atoms with E-state index < -0.39 is 248 Å². The quantitative estimate of drug-likeness (QED) is 0.0239. The van der Waals surface area contributed by atoms with Crippen LogP contribution >= 0.6 is 35.3 Å². The summed E-state index contributed by atoms with van der Waals surface area (Å²) in [7, 11) is 0. The fraction of sp³-hybridized carbons (Fsp3) is 0.600. The first kappa shape index (κ1) is 111. The van der Waals surface area contributed by atoms with Gasteiger partial charge < -0.3 is 72.7 Å². The van der Waals surface area contributed by atoms with Crippen molar-refractivity contribution in [2.75, 3.05) is 37.1 Å². The van der Waals surface area contributed by atoms with Gasteiger partial charge in [0.1, 0.15) is 30.8 Å². The van der Waals surface area contributed by atoms with Crippen LogP contribution in [0.15, 0.2) is 140 Å². The summed E-state index contributed by atoms with van der Waals surface area (Å²) in [5.74, 6) is 1.72. The van der Waals surface area contributed by atoms with Crippen molar-refractivity contribution in [1.29, 1.82) is 0 Å². The van der Waals surface area contributed by atoms with Gasteiger partial charge in [0.05, 0.1) is 84.8 Å². The van der Waals surface area contributed by atoms with Gasteiger partial charge in [0.15, 0.2) is 64.4 Å². The van der Waals surface area contributed by atoms with Gasteiger partial charge in [0, 0.05) is 68.0 Å². The number of esters is 5. The third-order valence-electron chi connectivity index (χ3n) is 32.0. The molecule has 0 aromatic carbocycles. The van der Waals surface area contributed by atoms with Crippen LogP contribution in [-0.2, 0) is 66.8 Å². The van der Waals surface area contributed by atoms with E-state index in [0.717, 1.165) is 53.5 Å². The Morgan fingerprint density at radius 2 is 0.718 bits per heavy atom. The number of carboxylic acid groups (broad SMARTS) is 1. The number of alkyl halides is 7. The monoisotopic (exact) mass is 2040 g/mol. The van der Waals surface area contributed by atoms with Gasteiger partial charge in [-0.05, 0) is 227 Å². The second kappa shape index (κ2) is 41.2. The molecule has 0 radical (unpaired) electrons. The largest absolute Gasteiger partial charge is 0.481 e. The number of aliphatic hydroxyl groups excluding tert-OH is 4. The zero-order chi connectivity index (χ0) is 105. The van der Waals surface area contributed by atoms with Crippen molar-refractivity contribution in [3.05, 3.63) is 144 Å². The third-order valence-corrected chi connectivity index (χ3v) is 34.5. The normalized spacial score (nSPS) is 37.1. The molecule has 3 aromatic rings. The molecule has 7 N–H and O–H groups in total. The molecule has 142 heavy (non-hydrogen) atoms. The lowest BCUT2D eigenvalue weighted by atomic mass is 9.44. The molecule has 3 heterocycles. The summed E-state index contributed by atoms with van der Waals surface area (Å²) in [4.78, 5) is 153. The maximum Gasteiger partial charge on any atom is 0.375 e. The topological polar surface area (TPSA) is 432 Å². The molecule has 15 rings (SSSR count). The van der Waals surface area contributed by atoms with Gasteiger partial charge in [-0.15, -0.1) is 0 Å². The van der Waals surface area contributed by atoms with Crippen LogP contribution in [0, 0.1) is 121 Å². The first-order valence-corrected chi connectivity index (χ1v) is 49.9. The van der Waals surface area contributed by atoms with E-state index in [9.17, 15) is 82.4 Å². The van der Waals surface area contributed by atoms with Crippen molar-refractivity contribution in [3.8, 4) is 35.5 Å². The summed E-state index contributed by atoms with van der Waals surface area (Å²) in [5.41, 5.74) is -25.4. The first-order chi connectivity index (χ1) is 66.1. The Balaban J connectivity index is 0.000000183. The molecule has 27 nitrogen and oxygen atoms in total. The zero-order valence-corrected chi connectivity index (χ0v) is 83.9. The summed E-state index contributed by atoms with van der Waals surface area (Å²) in [6.07, 6.45) is 2.88. The molecule has 770 valence electrons. The molecule has 0 spiro atoms. The number of carbonyl (C=O) groups is 12. The highest BCUT2D eigenvalue weighted by Crippen LogP contribution is 2.77. The molecule has 3 aromatic heterocycles. The predicted molar refractivity (Wildman–Crippen MR) is 504 cm³/mol. The molecular formula is C105H121F7O27S3. The van der Waals surface area contributed by atoms with Crippen LogP contribution in [-0.4, -0.2) is 229 Å². The molecule has 0 saturated heterocycles. The number of carboxylic acids is 1. The number of allylic oxidation sites excluding steroid dienone is 12. The molecular weight excluding hydrogens is 1920 g/mol. The van der Waals surface area contributed by atoms with Crippen LogP contribution < -0.4 is 0 Å². The minimum Gasteiger partial charge on any atom is -0.481 e. The number of hydrogen-bond donors (Lipinski definition) is 7. The van der Waals surface area contributed by atoms with Crippen molar-refractivity contribution >= 4 is 104 Å². The van der Waals surface area contributed by atoms with E-state index in [2.05, 4.69) is 35.5 Å². The van der Waals surface area contributed by atoms with Crippen LogP contribution in [0.2, 0.25) is 0 Å². The van der Waals surface area contributed by atoms with Gasteiger partial charge in [-0.25, -0.2) is 45.1 Å². The number of ether oxygens (including phenoxy) is 5.